The molecule has 1 saturated heterocycles. The Labute approximate surface area is 76.8 Å². The molecular formula is C6H7IN2O2. The first kappa shape index (κ1) is 6.50. The van der Waals surface area contributed by atoms with E-state index in [9.17, 15) is 10.2 Å². The fourth-order valence-corrected chi connectivity index (χ4v) is 4.11. The number of hydrogen-bond donors (Lipinski definition) is 3. The first-order chi connectivity index (χ1) is 5.06. The Bertz CT molecular complexity index is 305. The molecule has 5 heteroatoms. The van der Waals surface area contributed by atoms with E-state index in [1.165, 1.54) is 0 Å². The molecule has 2 unspecified atom stereocenters. The van der Waals surface area contributed by atoms with Crippen molar-refractivity contribution in [2.45, 2.75) is 21.4 Å². The molecule has 0 aromatic rings. The number of nitrogens with zero attached hydrogens (tertiary/aromatic N) is 1. The molecular weight excluding hydrogens is 259 g/mol. The summed E-state index contributed by atoms with van der Waals surface area (Å²) in [5.74, 6) is 5.81. The average molecular weight is 266 g/mol. The molecule has 4 rings (SSSR count). The Morgan fingerprint density at radius 1 is 1.64 bits per heavy atom. The maximum Gasteiger partial charge on any atom is 0.154 e. The van der Waals surface area contributed by atoms with E-state index in [2.05, 4.69) is 22.6 Å². The van der Waals surface area contributed by atoms with Crippen molar-refractivity contribution < 1.29 is 10.2 Å². The van der Waals surface area contributed by atoms with Crippen molar-refractivity contribution in [1.29, 1.82) is 0 Å². The number of hydrogen-bond acceptors (Lipinski definition) is 4. The van der Waals surface area contributed by atoms with Crippen LogP contribution in [-0.4, -0.2) is 30.2 Å². The third-order valence-electron chi connectivity index (χ3n) is 3.12. The highest BCUT2D eigenvalue weighted by Crippen LogP contribution is 2.77. The lowest BCUT2D eigenvalue weighted by Crippen LogP contribution is -2.64. The standard InChI is InChI=1S/C6H7IN2O2/c7-5-1-6(5)4(11)2(10)3(5)9(6)8/h3,10-11H,1,8H2/t3-,5?,6?/m0/s1. The summed E-state index contributed by atoms with van der Waals surface area (Å²) in [4.78, 5) is 0. The van der Waals surface area contributed by atoms with Crippen molar-refractivity contribution in [3.05, 3.63) is 11.5 Å². The molecule has 4 N–H and O–H groups in total. The number of aliphatic hydroxyl groups excluding tert-OH is 2. The van der Waals surface area contributed by atoms with Gasteiger partial charge in [0.05, 0.1) is 3.42 Å². The van der Waals surface area contributed by atoms with Crippen LogP contribution in [0.15, 0.2) is 11.5 Å². The zero-order valence-electron chi connectivity index (χ0n) is 5.58. The van der Waals surface area contributed by atoms with E-state index in [1.54, 1.807) is 5.01 Å². The molecule has 11 heavy (non-hydrogen) atoms. The Balaban J connectivity index is 2.19. The van der Waals surface area contributed by atoms with Gasteiger partial charge in [-0.25, -0.2) is 5.01 Å². The van der Waals surface area contributed by atoms with Gasteiger partial charge < -0.3 is 10.2 Å². The van der Waals surface area contributed by atoms with E-state index in [1.807, 2.05) is 0 Å². The fraction of sp³-hybridized carbons (Fsp3) is 0.667. The SMILES string of the molecule is NN1[C@H]2C(O)=C(O)C13CC23I. The number of nitrogens with two attached hydrogens (primary N) is 1. The molecule has 2 aliphatic carbocycles. The van der Waals surface area contributed by atoms with Gasteiger partial charge in [-0.3, -0.25) is 5.84 Å². The summed E-state index contributed by atoms with van der Waals surface area (Å²) in [7, 11) is 0. The Kier molecular flexibility index (Phi) is 0.764. The quantitative estimate of drug-likeness (QED) is 0.333. The summed E-state index contributed by atoms with van der Waals surface area (Å²) in [5, 5.41) is 20.3. The van der Waals surface area contributed by atoms with E-state index >= 15 is 0 Å². The molecule has 2 bridgehead atoms. The summed E-state index contributed by atoms with van der Waals surface area (Å²) in [5.41, 5.74) is -0.387. The van der Waals surface area contributed by atoms with Crippen molar-refractivity contribution in [2.24, 2.45) is 5.84 Å². The average Bonchev–Trinajstić information content (AvgIpc) is 2.38. The van der Waals surface area contributed by atoms with Gasteiger partial charge in [-0.2, -0.15) is 0 Å². The highest BCUT2D eigenvalue weighted by molar-refractivity contribution is 14.1. The first-order valence-electron chi connectivity index (χ1n) is 3.41. The van der Waals surface area contributed by atoms with E-state index in [-0.39, 0.29) is 26.5 Å². The van der Waals surface area contributed by atoms with E-state index in [0.29, 0.717) is 0 Å². The lowest BCUT2D eigenvalue weighted by molar-refractivity contribution is 0.0701. The summed E-state index contributed by atoms with van der Waals surface area (Å²) < 4.78 is 0.00762. The minimum atomic E-state index is -0.387. The maximum absolute atomic E-state index is 9.45. The fourth-order valence-electron chi connectivity index (χ4n) is 2.42. The molecule has 3 atom stereocenters. The van der Waals surface area contributed by atoms with Crippen molar-refractivity contribution in [3.63, 3.8) is 0 Å². The van der Waals surface area contributed by atoms with E-state index < -0.39 is 0 Å². The van der Waals surface area contributed by atoms with Crippen LogP contribution in [0.2, 0.25) is 0 Å². The van der Waals surface area contributed by atoms with Gasteiger partial charge in [0.2, 0.25) is 0 Å². The molecule has 1 saturated carbocycles. The summed E-state index contributed by atoms with van der Waals surface area (Å²) in [6.45, 7) is 0. The van der Waals surface area contributed by atoms with Crippen LogP contribution in [0.5, 0.6) is 0 Å². The second kappa shape index (κ2) is 1.29. The highest BCUT2D eigenvalue weighted by Gasteiger charge is 2.91. The molecule has 0 radical (unpaired) electrons. The van der Waals surface area contributed by atoms with Gasteiger partial charge in [-0.1, -0.05) is 22.6 Å². The molecule has 1 spiro atoms. The monoisotopic (exact) mass is 266 g/mol. The van der Waals surface area contributed by atoms with E-state index in [4.69, 9.17) is 5.84 Å². The highest BCUT2D eigenvalue weighted by atomic mass is 127. The van der Waals surface area contributed by atoms with Crippen LogP contribution >= 0.6 is 22.6 Å². The number of alkyl halides is 1. The van der Waals surface area contributed by atoms with Gasteiger partial charge in [0, 0.05) is 0 Å². The van der Waals surface area contributed by atoms with Crippen molar-refractivity contribution >= 4 is 22.6 Å². The number of aliphatic hydroxyl groups is 2. The molecule has 60 valence electrons. The van der Waals surface area contributed by atoms with Gasteiger partial charge >= 0.3 is 0 Å². The summed E-state index contributed by atoms with van der Waals surface area (Å²) in [6, 6.07) is -0.136. The summed E-state index contributed by atoms with van der Waals surface area (Å²) in [6.07, 6.45) is 0.873. The van der Waals surface area contributed by atoms with Crippen LogP contribution in [0.1, 0.15) is 6.42 Å². The Hall–Kier alpha value is -0.0100. The predicted octanol–water partition coefficient (Wildman–Crippen LogP) is 0.202. The first-order valence-corrected chi connectivity index (χ1v) is 4.49. The van der Waals surface area contributed by atoms with E-state index in [0.717, 1.165) is 6.42 Å². The molecule has 4 nitrogen and oxygen atoms in total. The molecule has 2 heterocycles. The van der Waals surface area contributed by atoms with Crippen molar-refractivity contribution in [1.82, 2.24) is 5.01 Å². The van der Waals surface area contributed by atoms with Crippen LogP contribution in [-0.2, 0) is 0 Å². The molecule has 2 aliphatic heterocycles. The second-order valence-electron chi connectivity index (χ2n) is 3.44. The molecule has 0 aromatic heterocycles. The second-order valence-corrected chi connectivity index (χ2v) is 5.37. The normalized spacial score (nSPS) is 59.3. The minimum absolute atomic E-state index is 0.00762. The maximum atomic E-state index is 9.45. The van der Waals surface area contributed by atoms with Crippen LogP contribution in [0, 0.1) is 0 Å². The van der Waals surface area contributed by atoms with Crippen molar-refractivity contribution in [3.8, 4) is 0 Å². The van der Waals surface area contributed by atoms with Gasteiger partial charge in [0.15, 0.2) is 11.5 Å². The van der Waals surface area contributed by atoms with Gasteiger partial charge in [-0.15, -0.1) is 0 Å². The van der Waals surface area contributed by atoms with Gasteiger partial charge in [-0.05, 0) is 6.42 Å². The zero-order valence-corrected chi connectivity index (χ0v) is 7.74. The lowest BCUT2D eigenvalue weighted by Gasteiger charge is -2.40. The van der Waals surface area contributed by atoms with Gasteiger partial charge in [0.1, 0.15) is 11.6 Å². The lowest BCUT2D eigenvalue weighted by atomic mass is 10.0. The summed E-state index contributed by atoms with van der Waals surface area (Å²) >= 11 is 2.27. The van der Waals surface area contributed by atoms with Crippen LogP contribution in [0.3, 0.4) is 0 Å². The smallest absolute Gasteiger partial charge is 0.154 e. The molecule has 2 fully saturated rings. The van der Waals surface area contributed by atoms with Crippen molar-refractivity contribution in [2.75, 3.05) is 0 Å². The minimum Gasteiger partial charge on any atom is -0.507 e. The number of rotatable bonds is 0. The third-order valence-corrected chi connectivity index (χ3v) is 4.99. The van der Waals surface area contributed by atoms with Crippen LogP contribution in [0.4, 0.5) is 0 Å². The predicted molar refractivity (Wildman–Crippen MR) is 46.2 cm³/mol. The molecule has 0 amide bonds. The van der Waals surface area contributed by atoms with Gasteiger partial charge in [0.25, 0.3) is 0 Å². The van der Waals surface area contributed by atoms with Crippen LogP contribution < -0.4 is 5.84 Å². The Morgan fingerprint density at radius 2 is 2.27 bits per heavy atom. The molecule has 4 aliphatic rings. The largest absolute Gasteiger partial charge is 0.507 e. The zero-order chi connectivity index (χ0) is 8.02. The number of hydrazine groups is 1. The Morgan fingerprint density at radius 3 is 2.45 bits per heavy atom. The molecule has 0 aromatic carbocycles. The third kappa shape index (κ3) is 0.345. The van der Waals surface area contributed by atoms with Crippen LogP contribution in [0.25, 0.3) is 0 Å². The topological polar surface area (TPSA) is 69.7 Å². The number of halogens is 1.